The fraction of sp³-hybridized carbons (Fsp3) is 0.440. The topological polar surface area (TPSA) is 84.2 Å². The summed E-state index contributed by atoms with van der Waals surface area (Å²) in [6, 6.07) is 14.0. The normalized spacial score (nSPS) is 20.8. The molecule has 1 N–H and O–H groups in total. The van der Waals surface area contributed by atoms with Gasteiger partial charge >= 0.3 is 6.03 Å². The molecular weight excluding hydrogens is 402 g/mol. The van der Waals surface area contributed by atoms with Gasteiger partial charge in [0.25, 0.3) is 5.89 Å². The molecule has 2 aliphatic rings. The van der Waals surface area contributed by atoms with Crippen molar-refractivity contribution in [1.29, 1.82) is 0 Å². The number of carbonyl (C=O) groups is 1. The van der Waals surface area contributed by atoms with Gasteiger partial charge in [0.05, 0.1) is 11.0 Å². The van der Waals surface area contributed by atoms with Crippen molar-refractivity contribution < 1.29 is 9.32 Å². The van der Waals surface area contributed by atoms with Gasteiger partial charge in [0, 0.05) is 32.0 Å². The van der Waals surface area contributed by atoms with E-state index in [9.17, 15) is 4.79 Å². The van der Waals surface area contributed by atoms with Crippen molar-refractivity contribution in [3.63, 3.8) is 0 Å². The summed E-state index contributed by atoms with van der Waals surface area (Å²) in [6.07, 6.45) is 9.71. The molecule has 1 saturated heterocycles. The van der Waals surface area contributed by atoms with Gasteiger partial charge in [0.1, 0.15) is 0 Å². The largest absolute Gasteiger partial charge is 0.338 e. The van der Waals surface area contributed by atoms with Crippen LogP contribution in [-0.2, 0) is 11.8 Å². The summed E-state index contributed by atoms with van der Waals surface area (Å²) in [5.41, 5.74) is 1.79. The predicted octanol–water partition coefficient (Wildman–Crippen LogP) is 4.22. The number of pyridine rings is 1. The first kappa shape index (κ1) is 20.7. The third-order valence-electron chi connectivity index (χ3n) is 6.58. The Balaban J connectivity index is 1.29. The fourth-order valence-corrected chi connectivity index (χ4v) is 4.74. The first-order valence-corrected chi connectivity index (χ1v) is 11.5. The van der Waals surface area contributed by atoms with E-state index in [1.54, 1.807) is 12.4 Å². The van der Waals surface area contributed by atoms with Crippen LogP contribution in [-0.4, -0.2) is 45.7 Å². The van der Waals surface area contributed by atoms with Crippen molar-refractivity contribution in [3.05, 3.63) is 66.2 Å². The van der Waals surface area contributed by atoms with Crippen LogP contribution in [0.1, 0.15) is 43.5 Å². The molecule has 1 unspecified atom stereocenters. The molecule has 7 nitrogen and oxygen atoms in total. The molecule has 7 heteroatoms. The molecule has 2 amide bonds. The molecule has 3 heterocycles. The summed E-state index contributed by atoms with van der Waals surface area (Å²) in [7, 11) is 0. The van der Waals surface area contributed by atoms with Crippen molar-refractivity contribution in [2.45, 2.75) is 43.9 Å². The average molecular weight is 432 g/mol. The van der Waals surface area contributed by atoms with Gasteiger partial charge in [-0.1, -0.05) is 48.3 Å². The quantitative estimate of drug-likeness (QED) is 0.606. The van der Waals surface area contributed by atoms with E-state index in [-0.39, 0.29) is 11.4 Å². The Labute approximate surface area is 188 Å². The number of rotatable bonds is 7. The molecule has 5 rings (SSSR count). The van der Waals surface area contributed by atoms with Gasteiger partial charge in [-0.3, -0.25) is 4.98 Å². The van der Waals surface area contributed by atoms with Crippen LogP contribution in [0.3, 0.4) is 0 Å². The van der Waals surface area contributed by atoms with E-state index in [0.29, 0.717) is 24.9 Å². The van der Waals surface area contributed by atoms with E-state index in [1.165, 1.54) is 18.4 Å². The van der Waals surface area contributed by atoms with Crippen LogP contribution in [0.2, 0.25) is 0 Å². The summed E-state index contributed by atoms with van der Waals surface area (Å²) >= 11 is 0. The molecular formula is C25H29N5O2. The first-order valence-electron chi connectivity index (χ1n) is 11.5. The highest BCUT2D eigenvalue weighted by molar-refractivity contribution is 5.74. The van der Waals surface area contributed by atoms with Gasteiger partial charge in [0.2, 0.25) is 0 Å². The van der Waals surface area contributed by atoms with E-state index in [0.717, 1.165) is 43.6 Å². The molecule has 166 valence electrons. The van der Waals surface area contributed by atoms with Crippen molar-refractivity contribution in [2.75, 3.05) is 19.6 Å². The number of aromatic nitrogens is 3. The van der Waals surface area contributed by atoms with Crippen molar-refractivity contribution in [2.24, 2.45) is 5.92 Å². The van der Waals surface area contributed by atoms with Crippen LogP contribution in [0.25, 0.3) is 11.5 Å². The minimum Gasteiger partial charge on any atom is -0.338 e. The molecule has 32 heavy (non-hydrogen) atoms. The fourth-order valence-electron chi connectivity index (χ4n) is 4.74. The average Bonchev–Trinajstić information content (AvgIpc) is 3.50. The summed E-state index contributed by atoms with van der Waals surface area (Å²) in [4.78, 5) is 23.9. The Morgan fingerprint density at radius 3 is 2.84 bits per heavy atom. The molecule has 1 aromatic carbocycles. The van der Waals surface area contributed by atoms with E-state index < -0.39 is 0 Å². The molecule has 2 aromatic heterocycles. The second kappa shape index (κ2) is 9.10. The highest BCUT2D eigenvalue weighted by Gasteiger charge is 2.45. The zero-order chi connectivity index (χ0) is 21.8. The van der Waals surface area contributed by atoms with E-state index in [4.69, 9.17) is 9.51 Å². The Kier molecular flexibility index (Phi) is 5.88. The summed E-state index contributed by atoms with van der Waals surface area (Å²) in [5, 5.41) is 7.50. The molecule has 0 spiro atoms. The van der Waals surface area contributed by atoms with Crippen molar-refractivity contribution >= 4 is 6.03 Å². The van der Waals surface area contributed by atoms with Crippen LogP contribution in [0.4, 0.5) is 4.79 Å². The summed E-state index contributed by atoms with van der Waals surface area (Å²) in [6.45, 7) is 2.02. The molecule has 1 aliphatic heterocycles. The number of carbonyl (C=O) groups excluding carboxylic acids is 1. The molecule has 2 fully saturated rings. The number of benzene rings is 1. The third kappa shape index (κ3) is 4.66. The highest BCUT2D eigenvalue weighted by Crippen LogP contribution is 2.45. The Morgan fingerprint density at radius 2 is 2.06 bits per heavy atom. The SMILES string of the molecule is O=C(NCCc1ccccc1)N1CCCC(CC2CC2)(c2noc(-c3cccnc3)n2)C1. The monoisotopic (exact) mass is 431 g/mol. The van der Waals surface area contributed by atoms with Gasteiger partial charge in [-0.25, -0.2) is 4.79 Å². The second-order valence-electron chi connectivity index (χ2n) is 9.09. The van der Waals surface area contributed by atoms with Gasteiger partial charge in [-0.15, -0.1) is 0 Å². The van der Waals surface area contributed by atoms with Gasteiger partial charge in [-0.05, 0) is 49.3 Å². The Morgan fingerprint density at radius 1 is 1.19 bits per heavy atom. The molecule has 0 radical (unpaired) electrons. The lowest BCUT2D eigenvalue weighted by Crippen LogP contribution is -2.52. The Hall–Kier alpha value is -3.22. The standard InChI is InChI=1S/C25H29N5O2/c31-24(27-14-11-19-6-2-1-3-7-19)30-15-5-12-25(18-30,16-20-9-10-20)23-28-22(32-29-23)21-8-4-13-26-17-21/h1-4,6-8,13,17,20H,5,9-12,14-16,18H2,(H,27,31). The number of likely N-dealkylation sites (tertiary alicyclic amines) is 1. The van der Waals surface area contributed by atoms with Crippen LogP contribution in [0, 0.1) is 5.92 Å². The zero-order valence-corrected chi connectivity index (χ0v) is 18.2. The number of hydrogen-bond acceptors (Lipinski definition) is 5. The van der Waals surface area contributed by atoms with Crippen LogP contribution < -0.4 is 5.32 Å². The maximum atomic E-state index is 13.0. The number of amides is 2. The maximum absolute atomic E-state index is 13.0. The van der Waals surface area contributed by atoms with Crippen LogP contribution >= 0.6 is 0 Å². The summed E-state index contributed by atoms with van der Waals surface area (Å²) < 4.78 is 5.62. The number of nitrogens with zero attached hydrogens (tertiary/aromatic N) is 4. The van der Waals surface area contributed by atoms with E-state index in [1.807, 2.05) is 35.2 Å². The van der Waals surface area contributed by atoms with Gasteiger partial charge < -0.3 is 14.7 Å². The van der Waals surface area contributed by atoms with Crippen molar-refractivity contribution in [1.82, 2.24) is 25.3 Å². The highest BCUT2D eigenvalue weighted by atomic mass is 16.5. The predicted molar refractivity (Wildman–Crippen MR) is 121 cm³/mol. The van der Waals surface area contributed by atoms with E-state index in [2.05, 4.69) is 27.6 Å². The summed E-state index contributed by atoms with van der Waals surface area (Å²) in [5.74, 6) is 1.91. The number of nitrogens with one attached hydrogen (secondary N) is 1. The van der Waals surface area contributed by atoms with Crippen LogP contribution in [0.5, 0.6) is 0 Å². The molecule has 1 aliphatic carbocycles. The van der Waals surface area contributed by atoms with Gasteiger partial charge in [0.15, 0.2) is 5.82 Å². The van der Waals surface area contributed by atoms with E-state index >= 15 is 0 Å². The maximum Gasteiger partial charge on any atom is 0.317 e. The minimum atomic E-state index is -0.250. The van der Waals surface area contributed by atoms with Crippen molar-refractivity contribution in [3.8, 4) is 11.5 Å². The molecule has 1 saturated carbocycles. The molecule has 0 bridgehead atoms. The number of urea groups is 1. The first-order chi connectivity index (χ1) is 15.7. The zero-order valence-electron chi connectivity index (χ0n) is 18.2. The Bertz CT molecular complexity index is 1030. The smallest absolute Gasteiger partial charge is 0.317 e. The lowest BCUT2D eigenvalue weighted by atomic mass is 9.75. The lowest BCUT2D eigenvalue weighted by molar-refractivity contribution is 0.135. The number of piperidine rings is 1. The van der Waals surface area contributed by atoms with Gasteiger partial charge in [-0.2, -0.15) is 4.98 Å². The molecule has 1 atom stereocenters. The lowest BCUT2D eigenvalue weighted by Gasteiger charge is -2.41. The number of hydrogen-bond donors (Lipinski definition) is 1. The second-order valence-corrected chi connectivity index (χ2v) is 9.09. The molecule has 3 aromatic rings. The minimum absolute atomic E-state index is 0.00298. The van der Waals surface area contributed by atoms with Crippen LogP contribution in [0.15, 0.2) is 59.4 Å². The third-order valence-corrected chi connectivity index (χ3v) is 6.58.